The van der Waals surface area contributed by atoms with Crippen molar-refractivity contribution in [2.45, 2.75) is 0 Å². The Bertz CT molecular complexity index is 471. The van der Waals surface area contributed by atoms with E-state index in [1.807, 2.05) is 49.5 Å². The molecule has 4 heteroatoms. The van der Waals surface area contributed by atoms with Gasteiger partial charge in [0, 0.05) is 7.05 Å². The minimum atomic E-state index is 0.419. The van der Waals surface area contributed by atoms with Crippen LogP contribution in [0.1, 0.15) is 11.4 Å². The highest BCUT2D eigenvalue weighted by molar-refractivity contribution is 5.66. The van der Waals surface area contributed by atoms with Crippen molar-refractivity contribution in [2.24, 2.45) is 7.05 Å². The highest BCUT2D eigenvalue weighted by Crippen LogP contribution is 2.07. The third-order valence-corrected chi connectivity index (χ3v) is 2.17. The van der Waals surface area contributed by atoms with Gasteiger partial charge in [0.15, 0.2) is 5.82 Å². The Morgan fingerprint density at radius 3 is 2.47 bits per heavy atom. The van der Waals surface area contributed by atoms with Gasteiger partial charge in [-0.15, -0.1) is 10.2 Å². The molecule has 0 bridgehead atoms. The number of hydrogen-bond donors (Lipinski definition) is 1. The Labute approximate surface area is 88.1 Å². The number of hydrogen-bond acceptors (Lipinski definition) is 3. The van der Waals surface area contributed by atoms with E-state index in [0.29, 0.717) is 5.95 Å². The van der Waals surface area contributed by atoms with Crippen molar-refractivity contribution in [2.75, 3.05) is 5.73 Å². The zero-order chi connectivity index (χ0) is 10.7. The topological polar surface area (TPSA) is 56.7 Å². The molecule has 0 atom stereocenters. The minimum Gasteiger partial charge on any atom is -0.368 e. The predicted octanol–water partition coefficient (Wildman–Crippen LogP) is 1.57. The fraction of sp³-hybridized carbons (Fsp3) is 0.0909. The van der Waals surface area contributed by atoms with E-state index < -0.39 is 0 Å². The van der Waals surface area contributed by atoms with Crippen LogP contribution in [0.5, 0.6) is 0 Å². The second-order valence-electron chi connectivity index (χ2n) is 3.22. The van der Waals surface area contributed by atoms with Crippen LogP contribution in [0.15, 0.2) is 30.3 Å². The lowest BCUT2D eigenvalue weighted by Gasteiger charge is -1.94. The SMILES string of the molecule is Cn1c(N)nnc1/C=C/c1ccccc1. The van der Waals surface area contributed by atoms with E-state index in [9.17, 15) is 0 Å². The average Bonchev–Trinajstić information content (AvgIpc) is 2.59. The monoisotopic (exact) mass is 200 g/mol. The lowest BCUT2D eigenvalue weighted by molar-refractivity contribution is 0.909. The highest BCUT2D eigenvalue weighted by Gasteiger charge is 2.00. The number of nitrogens with zero attached hydrogens (tertiary/aromatic N) is 3. The van der Waals surface area contributed by atoms with Crippen LogP contribution in [0.3, 0.4) is 0 Å². The van der Waals surface area contributed by atoms with Gasteiger partial charge >= 0.3 is 0 Å². The maximum atomic E-state index is 5.57. The van der Waals surface area contributed by atoms with Crippen LogP contribution in [0, 0.1) is 0 Å². The van der Waals surface area contributed by atoms with Gasteiger partial charge < -0.3 is 5.73 Å². The molecule has 0 saturated carbocycles. The first-order chi connectivity index (χ1) is 7.27. The molecule has 15 heavy (non-hydrogen) atoms. The summed E-state index contributed by atoms with van der Waals surface area (Å²) in [5.74, 6) is 1.17. The number of nitrogen functional groups attached to an aromatic ring is 1. The Morgan fingerprint density at radius 1 is 1.13 bits per heavy atom. The molecule has 0 aliphatic rings. The maximum Gasteiger partial charge on any atom is 0.221 e. The van der Waals surface area contributed by atoms with E-state index >= 15 is 0 Å². The molecular formula is C11H12N4. The largest absolute Gasteiger partial charge is 0.368 e. The lowest BCUT2D eigenvalue weighted by atomic mass is 10.2. The molecule has 2 N–H and O–H groups in total. The summed E-state index contributed by atoms with van der Waals surface area (Å²) in [6.45, 7) is 0. The third-order valence-electron chi connectivity index (χ3n) is 2.17. The molecule has 0 aliphatic heterocycles. The van der Waals surface area contributed by atoms with Crippen LogP contribution >= 0.6 is 0 Å². The Kier molecular flexibility index (Phi) is 2.49. The fourth-order valence-corrected chi connectivity index (χ4v) is 1.23. The molecule has 0 aliphatic carbocycles. The van der Waals surface area contributed by atoms with Crippen LogP contribution in [0.4, 0.5) is 5.95 Å². The van der Waals surface area contributed by atoms with E-state index in [2.05, 4.69) is 10.2 Å². The summed E-state index contributed by atoms with van der Waals surface area (Å²) >= 11 is 0. The highest BCUT2D eigenvalue weighted by atomic mass is 15.3. The first-order valence-corrected chi connectivity index (χ1v) is 4.65. The Balaban J connectivity index is 2.23. The van der Waals surface area contributed by atoms with E-state index in [-0.39, 0.29) is 0 Å². The Morgan fingerprint density at radius 2 is 1.87 bits per heavy atom. The molecule has 0 unspecified atom stereocenters. The number of benzene rings is 1. The zero-order valence-electron chi connectivity index (χ0n) is 8.46. The molecular weight excluding hydrogens is 188 g/mol. The molecule has 0 spiro atoms. The number of anilines is 1. The normalized spacial score (nSPS) is 11.0. The molecule has 0 amide bonds. The maximum absolute atomic E-state index is 5.57. The Hall–Kier alpha value is -2.10. The van der Waals surface area contributed by atoms with E-state index in [4.69, 9.17) is 5.73 Å². The van der Waals surface area contributed by atoms with Gasteiger partial charge in [-0.2, -0.15) is 0 Å². The van der Waals surface area contributed by atoms with Crippen LogP contribution in [-0.2, 0) is 7.05 Å². The standard InChI is InChI=1S/C11H12N4/c1-15-10(13-14-11(15)12)8-7-9-5-3-2-4-6-9/h2-8H,1H3,(H2,12,14)/b8-7+. The van der Waals surface area contributed by atoms with Crippen LogP contribution in [0.25, 0.3) is 12.2 Å². The van der Waals surface area contributed by atoms with E-state index in [0.717, 1.165) is 11.4 Å². The van der Waals surface area contributed by atoms with Crippen molar-refractivity contribution in [1.82, 2.24) is 14.8 Å². The lowest BCUT2D eigenvalue weighted by Crippen LogP contribution is -1.98. The molecule has 0 saturated heterocycles. The average molecular weight is 200 g/mol. The van der Waals surface area contributed by atoms with E-state index in [1.165, 1.54) is 0 Å². The van der Waals surface area contributed by atoms with Crippen molar-refractivity contribution < 1.29 is 0 Å². The second-order valence-corrected chi connectivity index (χ2v) is 3.22. The molecule has 4 nitrogen and oxygen atoms in total. The number of aromatic nitrogens is 3. The van der Waals surface area contributed by atoms with Gasteiger partial charge in [0.05, 0.1) is 0 Å². The summed E-state index contributed by atoms with van der Waals surface area (Å²) < 4.78 is 1.74. The molecule has 1 heterocycles. The van der Waals surface area contributed by atoms with Crippen LogP contribution in [0.2, 0.25) is 0 Å². The summed E-state index contributed by atoms with van der Waals surface area (Å²) in [6.07, 6.45) is 3.86. The van der Waals surface area contributed by atoms with Crippen molar-refractivity contribution in [1.29, 1.82) is 0 Å². The molecule has 2 aromatic rings. The van der Waals surface area contributed by atoms with Crippen LogP contribution < -0.4 is 5.73 Å². The van der Waals surface area contributed by atoms with Gasteiger partial charge in [0.25, 0.3) is 0 Å². The molecule has 1 aromatic carbocycles. The summed E-state index contributed by atoms with van der Waals surface area (Å²) in [7, 11) is 1.83. The summed E-state index contributed by atoms with van der Waals surface area (Å²) in [4.78, 5) is 0. The number of rotatable bonds is 2. The van der Waals surface area contributed by atoms with Crippen molar-refractivity contribution >= 4 is 18.1 Å². The quantitative estimate of drug-likeness (QED) is 0.800. The van der Waals surface area contributed by atoms with Crippen molar-refractivity contribution in [3.63, 3.8) is 0 Å². The zero-order valence-corrected chi connectivity index (χ0v) is 8.46. The molecule has 76 valence electrons. The summed E-state index contributed by atoms with van der Waals surface area (Å²) in [5.41, 5.74) is 6.69. The minimum absolute atomic E-state index is 0.419. The summed E-state index contributed by atoms with van der Waals surface area (Å²) in [5, 5.41) is 7.70. The molecule has 0 radical (unpaired) electrons. The van der Waals surface area contributed by atoms with Crippen LogP contribution in [-0.4, -0.2) is 14.8 Å². The van der Waals surface area contributed by atoms with Gasteiger partial charge in [-0.3, -0.25) is 4.57 Å². The van der Waals surface area contributed by atoms with Gasteiger partial charge in [0.2, 0.25) is 5.95 Å². The summed E-state index contributed by atoms with van der Waals surface area (Å²) in [6, 6.07) is 10.0. The van der Waals surface area contributed by atoms with E-state index in [1.54, 1.807) is 4.57 Å². The third kappa shape index (κ3) is 2.04. The van der Waals surface area contributed by atoms with Gasteiger partial charge in [-0.25, -0.2) is 0 Å². The first-order valence-electron chi connectivity index (χ1n) is 4.65. The second kappa shape index (κ2) is 3.96. The van der Waals surface area contributed by atoms with Crippen molar-refractivity contribution in [3.8, 4) is 0 Å². The van der Waals surface area contributed by atoms with Gasteiger partial charge in [-0.05, 0) is 11.6 Å². The first kappa shape index (κ1) is 9.45. The molecule has 1 aromatic heterocycles. The van der Waals surface area contributed by atoms with Gasteiger partial charge in [0.1, 0.15) is 0 Å². The molecule has 2 rings (SSSR count). The molecule has 0 fully saturated rings. The predicted molar refractivity (Wildman–Crippen MR) is 60.8 cm³/mol. The van der Waals surface area contributed by atoms with Crippen molar-refractivity contribution in [3.05, 3.63) is 41.7 Å². The fourth-order valence-electron chi connectivity index (χ4n) is 1.23. The van der Waals surface area contributed by atoms with Gasteiger partial charge in [-0.1, -0.05) is 36.4 Å². The smallest absolute Gasteiger partial charge is 0.221 e. The number of nitrogens with two attached hydrogens (primary N) is 1.